The van der Waals surface area contributed by atoms with E-state index in [0.29, 0.717) is 18.3 Å². The number of ether oxygens (including phenoxy) is 1. The number of carbonyl (C=O) groups excluding carboxylic acids is 1. The Hall–Kier alpha value is -1.16. The topological polar surface area (TPSA) is 57.2 Å². The number of carbonyl (C=O) groups is 1. The lowest BCUT2D eigenvalue weighted by Crippen LogP contribution is -2.48. The smallest absolute Gasteiger partial charge is 0.265 e. The van der Waals surface area contributed by atoms with Crippen LogP contribution in [0, 0.1) is 0 Å². The van der Waals surface area contributed by atoms with Gasteiger partial charge in [-0.25, -0.2) is 0 Å². The summed E-state index contributed by atoms with van der Waals surface area (Å²) in [5.74, 6) is 2.96. The van der Waals surface area contributed by atoms with Crippen molar-refractivity contribution >= 4 is 53.3 Å². The highest BCUT2D eigenvalue weighted by atomic mass is 127. The minimum absolute atomic E-state index is 0. The van der Waals surface area contributed by atoms with Crippen LogP contribution >= 0.6 is 35.7 Å². The monoisotopic (exact) mass is 518 g/mol. The predicted molar refractivity (Wildman–Crippen MR) is 128 cm³/mol. The van der Waals surface area contributed by atoms with Gasteiger partial charge in [-0.3, -0.25) is 9.79 Å². The number of para-hydroxylation sites is 2. The lowest BCUT2D eigenvalue weighted by molar-refractivity contribution is -0.121. The van der Waals surface area contributed by atoms with Gasteiger partial charge >= 0.3 is 0 Å². The van der Waals surface area contributed by atoms with Crippen LogP contribution in [0.15, 0.2) is 29.3 Å². The van der Waals surface area contributed by atoms with Crippen LogP contribution in [0.25, 0.3) is 0 Å². The molecule has 0 aliphatic carbocycles. The van der Waals surface area contributed by atoms with Gasteiger partial charge in [0.15, 0.2) is 12.6 Å². The van der Waals surface area contributed by atoms with Crippen molar-refractivity contribution in [3.63, 3.8) is 0 Å². The minimum Gasteiger partial charge on any atom is -0.482 e. The first kappa shape index (κ1) is 23.1. The second kappa shape index (κ2) is 11.7. The fourth-order valence-electron chi connectivity index (χ4n) is 3.40. The molecule has 2 aliphatic heterocycles. The van der Waals surface area contributed by atoms with E-state index in [1.807, 2.05) is 29.2 Å². The fourth-order valence-corrected chi connectivity index (χ4v) is 4.58. The van der Waals surface area contributed by atoms with E-state index >= 15 is 0 Å². The lowest BCUT2D eigenvalue weighted by Gasteiger charge is -2.34. The summed E-state index contributed by atoms with van der Waals surface area (Å²) in [4.78, 5) is 21.3. The van der Waals surface area contributed by atoms with Crippen LogP contribution in [0.2, 0.25) is 0 Å². The van der Waals surface area contributed by atoms with Crippen molar-refractivity contribution in [2.45, 2.75) is 31.9 Å². The summed E-state index contributed by atoms with van der Waals surface area (Å²) in [6, 6.07) is 7.72. The minimum atomic E-state index is 0. The van der Waals surface area contributed by atoms with Gasteiger partial charge in [-0.2, -0.15) is 11.8 Å². The highest BCUT2D eigenvalue weighted by Gasteiger charge is 2.25. The van der Waals surface area contributed by atoms with E-state index in [2.05, 4.69) is 35.8 Å². The molecule has 1 fully saturated rings. The average molecular weight is 518 g/mol. The van der Waals surface area contributed by atoms with E-state index < -0.39 is 0 Å². The van der Waals surface area contributed by atoms with E-state index in [1.165, 1.54) is 6.42 Å². The number of amides is 1. The number of thioether (sulfide) groups is 1. The van der Waals surface area contributed by atoms with E-state index in [9.17, 15) is 4.79 Å². The predicted octanol–water partition coefficient (Wildman–Crippen LogP) is 3.21. The standard InChI is InChI=1S/C20H30N4O2S.HI/c1-3-16-14-23(12-13-27-16)20(21-4-2)22-10-7-11-24-17-8-5-6-9-18(17)26-15-19(24)25;/h5-6,8-9,16H,3-4,7,10-15H2,1-2H3,(H,21,22);1H. The molecular formula is C20H31IN4O2S. The van der Waals surface area contributed by atoms with Crippen molar-refractivity contribution in [1.29, 1.82) is 0 Å². The molecule has 3 rings (SSSR count). The number of fused-ring (bicyclic) bond motifs is 1. The van der Waals surface area contributed by atoms with Gasteiger partial charge in [0.25, 0.3) is 5.91 Å². The average Bonchev–Trinajstić information content (AvgIpc) is 2.71. The number of guanidine groups is 1. The van der Waals surface area contributed by atoms with Crippen LogP contribution in [-0.2, 0) is 4.79 Å². The van der Waals surface area contributed by atoms with Gasteiger partial charge in [0, 0.05) is 43.7 Å². The zero-order chi connectivity index (χ0) is 19.1. The van der Waals surface area contributed by atoms with Crippen LogP contribution in [0.5, 0.6) is 5.75 Å². The van der Waals surface area contributed by atoms with Crippen LogP contribution in [0.3, 0.4) is 0 Å². The first-order chi connectivity index (χ1) is 13.2. The number of anilines is 1. The first-order valence-electron chi connectivity index (χ1n) is 9.90. The summed E-state index contributed by atoms with van der Waals surface area (Å²) in [6.07, 6.45) is 2.02. The van der Waals surface area contributed by atoms with Gasteiger partial charge < -0.3 is 19.9 Å². The molecule has 28 heavy (non-hydrogen) atoms. The largest absolute Gasteiger partial charge is 0.482 e. The van der Waals surface area contributed by atoms with Crippen molar-refractivity contribution < 1.29 is 9.53 Å². The quantitative estimate of drug-likeness (QED) is 0.271. The van der Waals surface area contributed by atoms with Gasteiger partial charge in [0.1, 0.15) is 5.75 Å². The molecule has 1 N–H and O–H groups in total. The SMILES string of the molecule is CCNC(=NCCCN1C(=O)COc2ccccc21)N1CCSC(CC)C1.I. The highest BCUT2D eigenvalue weighted by Crippen LogP contribution is 2.31. The molecule has 2 heterocycles. The van der Waals surface area contributed by atoms with E-state index in [1.54, 1.807) is 0 Å². The Bertz CT molecular complexity index is 673. The molecule has 1 atom stereocenters. The molecule has 0 bridgehead atoms. The zero-order valence-corrected chi connectivity index (χ0v) is 19.9. The summed E-state index contributed by atoms with van der Waals surface area (Å²) < 4.78 is 5.51. The number of nitrogens with one attached hydrogen (secondary N) is 1. The van der Waals surface area contributed by atoms with Gasteiger partial charge in [0.05, 0.1) is 5.69 Å². The Balaban J connectivity index is 0.00000280. The maximum atomic E-state index is 12.2. The number of benzene rings is 1. The normalized spacial score (nSPS) is 19.6. The van der Waals surface area contributed by atoms with Crippen molar-refractivity contribution in [2.75, 3.05) is 50.0 Å². The Morgan fingerprint density at radius 3 is 2.96 bits per heavy atom. The number of aliphatic imine (C=N–C) groups is 1. The molecule has 1 amide bonds. The molecule has 1 aromatic rings. The summed E-state index contributed by atoms with van der Waals surface area (Å²) in [5.41, 5.74) is 0.864. The lowest BCUT2D eigenvalue weighted by atomic mass is 10.2. The van der Waals surface area contributed by atoms with Gasteiger partial charge in [-0.05, 0) is 31.9 Å². The number of hydrogen-bond donors (Lipinski definition) is 1. The van der Waals surface area contributed by atoms with Gasteiger partial charge in [0.2, 0.25) is 0 Å². The molecule has 8 heteroatoms. The van der Waals surface area contributed by atoms with Crippen LogP contribution < -0.4 is 15.0 Å². The molecular weight excluding hydrogens is 487 g/mol. The molecule has 6 nitrogen and oxygen atoms in total. The Kier molecular flexibility index (Phi) is 9.70. The number of rotatable bonds is 6. The maximum Gasteiger partial charge on any atom is 0.265 e. The first-order valence-corrected chi connectivity index (χ1v) is 10.9. The highest BCUT2D eigenvalue weighted by molar-refractivity contribution is 14.0. The molecule has 0 aromatic heterocycles. The maximum absolute atomic E-state index is 12.2. The molecule has 1 saturated heterocycles. The summed E-state index contributed by atoms with van der Waals surface area (Å²) in [5, 5.41) is 4.11. The fraction of sp³-hybridized carbons (Fsp3) is 0.600. The van der Waals surface area contributed by atoms with Crippen molar-refractivity contribution in [3.8, 4) is 5.75 Å². The summed E-state index contributed by atoms with van der Waals surface area (Å²) >= 11 is 2.06. The number of halogens is 1. The third-order valence-corrected chi connectivity index (χ3v) is 6.21. The van der Waals surface area contributed by atoms with E-state index in [0.717, 1.165) is 49.2 Å². The van der Waals surface area contributed by atoms with E-state index in [4.69, 9.17) is 9.73 Å². The summed E-state index contributed by atoms with van der Waals surface area (Å²) in [6.45, 7) is 8.81. The molecule has 0 saturated carbocycles. The van der Waals surface area contributed by atoms with Crippen molar-refractivity contribution in [1.82, 2.24) is 10.2 Å². The van der Waals surface area contributed by atoms with Gasteiger partial charge in [-0.15, -0.1) is 24.0 Å². The number of nitrogens with zero attached hydrogens (tertiary/aromatic N) is 3. The molecule has 0 spiro atoms. The zero-order valence-electron chi connectivity index (χ0n) is 16.7. The van der Waals surface area contributed by atoms with Crippen molar-refractivity contribution in [2.24, 2.45) is 4.99 Å². The number of hydrogen-bond acceptors (Lipinski definition) is 4. The molecule has 2 aliphatic rings. The third-order valence-electron chi connectivity index (χ3n) is 4.84. The Morgan fingerprint density at radius 2 is 2.18 bits per heavy atom. The third kappa shape index (κ3) is 5.92. The second-order valence-corrected chi connectivity index (χ2v) is 8.15. The van der Waals surface area contributed by atoms with Crippen LogP contribution in [-0.4, -0.2) is 67.1 Å². The molecule has 0 radical (unpaired) electrons. The Morgan fingerprint density at radius 1 is 1.36 bits per heavy atom. The summed E-state index contributed by atoms with van der Waals surface area (Å²) in [7, 11) is 0. The molecule has 156 valence electrons. The molecule has 1 unspecified atom stereocenters. The van der Waals surface area contributed by atoms with Crippen LogP contribution in [0.1, 0.15) is 26.7 Å². The van der Waals surface area contributed by atoms with Crippen molar-refractivity contribution in [3.05, 3.63) is 24.3 Å². The van der Waals surface area contributed by atoms with Crippen LogP contribution in [0.4, 0.5) is 5.69 Å². The Labute approximate surface area is 189 Å². The van der Waals surface area contributed by atoms with E-state index in [-0.39, 0.29) is 36.5 Å². The molecule has 1 aromatic carbocycles. The van der Waals surface area contributed by atoms with Gasteiger partial charge in [-0.1, -0.05) is 19.1 Å². The second-order valence-electron chi connectivity index (χ2n) is 6.74.